The molecule has 0 atom stereocenters. The molecule has 0 aliphatic rings. The van der Waals surface area contributed by atoms with E-state index >= 15 is 0 Å². The maximum absolute atomic E-state index is 3.28. The van der Waals surface area contributed by atoms with Crippen LogP contribution in [0.25, 0.3) is 0 Å². The summed E-state index contributed by atoms with van der Waals surface area (Å²) in [5.41, 5.74) is 4.03. The zero-order valence-corrected chi connectivity index (χ0v) is 13.6. The first-order chi connectivity index (χ1) is 9.61. The lowest BCUT2D eigenvalue weighted by molar-refractivity contribution is 0.678. The average molecular weight is 288 g/mol. The Morgan fingerprint density at radius 2 is 2.05 bits per heavy atom. The van der Waals surface area contributed by atoms with Gasteiger partial charge in [0.1, 0.15) is 0 Å². The van der Waals surface area contributed by atoms with Crippen LogP contribution in [-0.4, -0.2) is 13.1 Å². The third kappa shape index (κ3) is 3.62. The molecule has 0 amide bonds. The summed E-state index contributed by atoms with van der Waals surface area (Å²) < 4.78 is 0. The first-order valence-electron chi connectivity index (χ1n) is 7.15. The van der Waals surface area contributed by atoms with Gasteiger partial charge in [-0.25, -0.2) is 0 Å². The highest BCUT2D eigenvalue weighted by atomic mass is 32.1. The topological polar surface area (TPSA) is 15.3 Å². The molecule has 0 aliphatic heterocycles. The molecule has 20 heavy (non-hydrogen) atoms. The van der Waals surface area contributed by atoms with Crippen molar-refractivity contribution < 1.29 is 0 Å². The molecule has 1 N–H and O–H groups in total. The quantitative estimate of drug-likeness (QED) is 0.857. The summed E-state index contributed by atoms with van der Waals surface area (Å²) >= 11 is 1.83. The molecule has 2 aromatic rings. The number of hydrogen-bond acceptors (Lipinski definition) is 3. The lowest BCUT2D eigenvalue weighted by Gasteiger charge is -2.31. The van der Waals surface area contributed by atoms with Crippen molar-refractivity contribution in [1.29, 1.82) is 0 Å². The molecule has 0 spiro atoms. The lowest BCUT2D eigenvalue weighted by atomic mass is 10.1. The minimum absolute atomic E-state index is 0.482. The Labute approximate surface area is 126 Å². The SMILES string of the molecule is CNCc1cc(C)ccc1N(Cc1cccs1)C(C)C. The largest absolute Gasteiger partial charge is 0.364 e. The van der Waals surface area contributed by atoms with Gasteiger partial charge in [0.05, 0.1) is 6.54 Å². The van der Waals surface area contributed by atoms with Gasteiger partial charge in [0, 0.05) is 23.2 Å². The van der Waals surface area contributed by atoms with E-state index < -0.39 is 0 Å². The van der Waals surface area contributed by atoms with Gasteiger partial charge < -0.3 is 10.2 Å². The molecule has 0 unspecified atom stereocenters. The smallest absolute Gasteiger partial charge is 0.0525 e. The molecular formula is C17H24N2S. The van der Waals surface area contributed by atoms with E-state index in [1.807, 2.05) is 18.4 Å². The fourth-order valence-electron chi connectivity index (χ4n) is 2.44. The van der Waals surface area contributed by atoms with Crippen molar-refractivity contribution in [2.75, 3.05) is 11.9 Å². The van der Waals surface area contributed by atoms with E-state index in [0.717, 1.165) is 13.1 Å². The van der Waals surface area contributed by atoms with Crippen molar-refractivity contribution in [1.82, 2.24) is 5.32 Å². The molecule has 2 nitrogen and oxygen atoms in total. The number of anilines is 1. The maximum Gasteiger partial charge on any atom is 0.0525 e. The van der Waals surface area contributed by atoms with Crippen molar-refractivity contribution in [3.05, 3.63) is 51.7 Å². The average Bonchev–Trinajstić information content (AvgIpc) is 2.90. The van der Waals surface area contributed by atoms with E-state index in [9.17, 15) is 0 Å². The van der Waals surface area contributed by atoms with Crippen LogP contribution in [0.3, 0.4) is 0 Å². The van der Waals surface area contributed by atoms with Crippen molar-refractivity contribution in [3.63, 3.8) is 0 Å². The predicted molar refractivity (Wildman–Crippen MR) is 89.6 cm³/mol. The second-order valence-corrected chi connectivity index (χ2v) is 6.50. The second kappa shape index (κ2) is 6.91. The van der Waals surface area contributed by atoms with Crippen LogP contribution in [0.4, 0.5) is 5.69 Å². The monoisotopic (exact) mass is 288 g/mol. The van der Waals surface area contributed by atoms with Crippen LogP contribution in [0, 0.1) is 6.92 Å². The third-order valence-corrected chi connectivity index (χ3v) is 4.30. The molecule has 2 rings (SSSR count). The molecule has 1 aromatic heterocycles. The highest BCUT2D eigenvalue weighted by Crippen LogP contribution is 2.27. The summed E-state index contributed by atoms with van der Waals surface area (Å²) in [6.45, 7) is 8.56. The fourth-order valence-corrected chi connectivity index (χ4v) is 3.15. The van der Waals surface area contributed by atoms with Gasteiger partial charge in [-0.1, -0.05) is 23.8 Å². The number of benzene rings is 1. The van der Waals surface area contributed by atoms with Gasteiger partial charge in [-0.2, -0.15) is 0 Å². The first kappa shape index (κ1) is 15.1. The van der Waals surface area contributed by atoms with Gasteiger partial charge in [0.25, 0.3) is 0 Å². The summed E-state index contributed by atoms with van der Waals surface area (Å²) in [7, 11) is 2.01. The summed E-state index contributed by atoms with van der Waals surface area (Å²) in [4.78, 5) is 3.90. The van der Waals surface area contributed by atoms with Gasteiger partial charge >= 0.3 is 0 Å². The van der Waals surface area contributed by atoms with E-state index in [0.29, 0.717) is 6.04 Å². The zero-order valence-electron chi connectivity index (χ0n) is 12.8. The van der Waals surface area contributed by atoms with Crippen LogP contribution < -0.4 is 10.2 Å². The normalized spacial score (nSPS) is 11.1. The second-order valence-electron chi connectivity index (χ2n) is 5.46. The Balaban J connectivity index is 2.33. The van der Waals surface area contributed by atoms with E-state index in [4.69, 9.17) is 0 Å². The lowest BCUT2D eigenvalue weighted by Crippen LogP contribution is -2.31. The summed E-state index contributed by atoms with van der Waals surface area (Å²) in [6.07, 6.45) is 0. The van der Waals surface area contributed by atoms with Crippen molar-refractivity contribution in [3.8, 4) is 0 Å². The van der Waals surface area contributed by atoms with Gasteiger partial charge in [-0.15, -0.1) is 11.3 Å². The Kier molecular flexibility index (Phi) is 5.21. The molecule has 0 aliphatic carbocycles. The molecule has 1 aromatic carbocycles. The van der Waals surface area contributed by atoms with Crippen LogP contribution in [0.2, 0.25) is 0 Å². The van der Waals surface area contributed by atoms with Crippen LogP contribution >= 0.6 is 11.3 Å². The minimum atomic E-state index is 0.482. The Hall–Kier alpha value is -1.32. The summed E-state index contributed by atoms with van der Waals surface area (Å²) in [5, 5.41) is 5.43. The van der Waals surface area contributed by atoms with Crippen LogP contribution in [0.5, 0.6) is 0 Å². The van der Waals surface area contributed by atoms with Gasteiger partial charge in [0.15, 0.2) is 0 Å². The molecule has 108 valence electrons. The first-order valence-corrected chi connectivity index (χ1v) is 8.03. The van der Waals surface area contributed by atoms with Crippen molar-refractivity contribution in [2.45, 2.75) is 39.9 Å². The Morgan fingerprint density at radius 1 is 1.25 bits per heavy atom. The highest BCUT2D eigenvalue weighted by Gasteiger charge is 2.15. The number of thiophene rings is 1. The van der Waals surface area contributed by atoms with Crippen molar-refractivity contribution in [2.24, 2.45) is 0 Å². The van der Waals surface area contributed by atoms with Crippen LogP contribution in [-0.2, 0) is 13.1 Å². The van der Waals surface area contributed by atoms with Gasteiger partial charge in [-0.3, -0.25) is 0 Å². The molecule has 0 fully saturated rings. The number of nitrogens with zero attached hydrogens (tertiary/aromatic N) is 1. The Morgan fingerprint density at radius 3 is 2.65 bits per heavy atom. The molecule has 0 radical (unpaired) electrons. The highest BCUT2D eigenvalue weighted by molar-refractivity contribution is 7.09. The van der Waals surface area contributed by atoms with Crippen LogP contribution in [0.1, 0.15) is 29.9 Å². The summed E-state index contributed by atoms with van der Waals surface area (Å²) in [5.74, 6) is 0. The maximum atomic E-state index is 3.28. The fraction of sp³-hybridized carbons (Fsp3) is 0.412. The third-order valence-electron chi connectivity index (χ3n) is 3.44. The molecule has 3 heteroatoms. The van der Waals surface area contributed by atoms with E-state index in [1.54, 1.807) is 0 Å². The van der Waals surface area contributed by atoms with E-state index in [1.165, 1.54) is 21.7 Å². The van der Waals surface area contributed by atoms with Gasteiger partial charge in [0.2, 0.25) is 0 Å². The molecule has 0 saturated carbocycles. The molecule has 1 heterocycles. The molecule has 0 saturated heterocycles. The van der Waals surface area contributed by atoms with Crippen molar-refractivity contribution >= 4 is 17.0 Å². The predicted octanol–water partition coefficient (Wildman–Crippen LogP) is 4.19. The van der Waals surface area contributed by atoms with E-state index in [-0.39, 0.29) is 0 Å². The number of nitrogens with one attached hydrogen (secondary N) is 1. The standard InChI is InChI=1S/C17H24N2S/c1-13(2)19(12-16-6-5-9-20-16)17-8-7-14(3)10-15(17)11-18-4/h5-10,13,18H,11-12H2,1-4H3. The number of aryl methyl sites for hydroxylation is 1. The molecular weight excluding hydrogens is 264 g/mol. The zero-order chi connectivity index (χ0) is 14.5. The summed E-state index contributed by atoms with van der Waals surface area (Å²) in [6, 6.07) is 11.6. The molecule has 0 bridgehead atoms. The van der Waals surface area contributed by atoms with Gasteiger partial charge in [-0.05, 0) is 50.9 Å². The van der Waals surface area contributed by atoms with E-state index in [2.05, 4.69) is 66.7 Å². The van der Waals surface area contributed by atoms with Crippen LogP contribution in [0.15, 0.2) is 35.7 Å². The minimum Gasteiger partial charge on any atom is -0.364 e. The number of rotatable bonds is 6. The number of hydrogen-bond donors (Lipinski definition) is 1. The Bertz CT molecular complexity index is 532.